The van der Waals surface area contributed by atoms with E-state index in [1.165, 1.54) is 0 Å². The van der Waals surface area contributed by atoms with Crippen molar-refractivity contribution in [3.05, 3.63) is 30.4 Å². The van der Waals surface area contributed by atoms with Crippen LogP contribution in [0.3, 0.4) is 0 Å². The van der Waals surface area contributed by atoms with Gasteiger partial charge in [0.05, 0.1) is 18.1 Å². The summed E-state index contributed by atoms with van der Waals surface area (Å²) in [4.78, 5) is 19.4. The molecule has 0 aromatic carbocycles. The molecule has 160 valence electrons. The summed E-state index contributed by atoms with van der Waals surface area (Å²) in [5.41, 5.74) is 3.09. The van der Waals surface area contributed by atoms with Crippen LogP contribution in [0.1, 0.15) is 52.1 Å². The summed E-state index contributed by atoms with van der Waals surface area (Å²) in [5.74, 6) is 1.03. The van der Waals surface area contributed by atoms with E-state index >= 15 is 0 Å². The van der Waals surface area contributed by atoms with Gasteiger partial charge in [-0.1, -0.05) is 0 Å². The summed E-state index contributed by atoms with van der Waals surface area (Å²) in [6.45, 7) is 9.80. The van der Waals surface area contributed by atoms with Crippen LogP contribution in [-0.4, -0.2) is 61.0 Å². The van der Waals surface area contributed by atoms with Gasteiger partial charge < -0.3 is 15.0 Å². The first-order valence-corrected chi connectivity index (χ1v) is 10.5. The summed E-state index contributed by atoms with van der Waals surface area (Å²) in [5, 5.41) is 14.8. The van der Waals surface area contributed by atoms with E-state index in [1.54, 1.807) is 11.1 Å². The van der Waals surface area contributed by atoms with E-state index in [4.69, 9.17) is 9.72 Å². The number of ether oxygens (including phenoxy) is 1. The lowest BCUT2D eigenvalue weighted by molar-refractivity contribution is 0.0197. The highest BCUT2D eigenvalue weighted by molar-refractivity contribution is 5.77. The number of H-pyrrole nitrogens is 1. The fourth-order valence-electron chi connectivity index (χ4n) is 3.81. The van der Waals surface area contributed by atoms with Crippen LogP contribution < -0.4 is 5.32 Å². The number of nitrogens with zero attached hydrogens (tertiary/aromatic N) is 5. The molecule has 0 bridgehead atoms. The number of likely N-dealkylation sites (tertiary alicyclic amines) is 1. The third-order valence-corrected chi connectivity index (χ3v) is 5.15. The molecule has 3 aromatic heterocycles. The largest absolute Gasteiger partial charge is 0.444 e. The maximum Gasteiger partial charge on any atom is 0.410 e. The number of rotatable bonds is 4. The molecule has 4 heterocycles. The zero-order chi connectivity index (χ0) is 21.3. The van der Waals surface area contributed by atoms with Crippen LogP contribution in [0.25, 0.3) is 16.8 Å². The van der Waals surface area contributed by atoms with E-state index in [9.17, 15) is 4.79 Å². The second kappa shape index (κ2) is 7.97. The molecule has 1 aliphatic heterocycles. The highest BCUT2D eigenvalue weighted by Gasteiger charge is 2.30. The molecular formula is C21H29N7O2. The van der Waals surface area contributed by atoms with Gasteiger partial charge in [-0.3, -0.25) is 5.10 Å². The molecule has 0 aliphatic carbocycles. The van der Waals surface area contributed by atoms with Gasteiger partial charge in [-0.05, 0) is 40.5 Å². The number of anilines is 1. The number of amides is 1. The first-order chi connectivity index (χ1) is 14.4. The Hall–Kier alpha value is -3.10. The molecular weight excluding hydrogens is 382 g/mol. The van der Waals surface area contributed by atoms with E-state index in [0.717, 1.165) is 47.7 Å². The van der Waals surface area contributed by atoms with Crippen LogP contribution in [0.4, 0.5) is 10.6 Å². The minimum atomic E-state index is -0.503. The number of aromatic amines is 1. The van der Waals surface area contributed by atoms with Gasteiger partial charge in [-0.15, -0.1) is 0 Å². The molecule has 1 amide bonds. The number of piperidine rings is 1. The molecule has 4 rings (SSSR count). The van der Waals surface area contributed by atoms with E-state index in [1.807, 2.05) is 43.7 Å². The van der Waals surface area contributed by atoms with Crippen molar-refractivity contribution in [2.45, 2.75) is 52.1 Å². The molecule has 0 saturated carbocycles. The average Bonchev–Trinajstić information content (AvgIpc) is 3.36. The van der Waals surface area contributed by atoms with Crippen molar-refractivity contribution in [1.29, 1.82) is 0 Å². The minimum Gasteiger partial charge on any atom is -0.444 e. The maximum absolute atomic E-state index is 12.6. The maximum atomic E-state index is 12.6. The first-order valence-electron chi connectivity index (χ1n) is 10.5. The van der Waals surface area contributed by atoms with E-state index in [0.29, 0.717) is 13.1 Å². The van der Waals surface area contributed by atoms with Crippen molar-refractivity contribution in [1.82, 2.24) is 29.7 Å². The number of aromatic nitrogens is 5. The minimum absolute atomic E-state index is 0.140. The van der Waals surface area contributed by atoms with Gasteiger partial charge in [0.25, 0.3) is 0 Å². The van der Waals surface area contributed by atoms with E-state index in [-0.39, 0.29) is 12.0 Å². The number of hydrogen-bond acceptors (Lipinski definition) is 6. The van der Waals surface area contributed by atoms with Crippen LogP contribution in [0.5, 0.6) is 0 Å². The van der Waals surface area contributed by atoms with Crippen molar-refractivity contribution in [3.63, 3.8) is 0 Å². The summed E-state index contributed by atoms with van der Waals surface area (Å²) in [6.07, 6.45) is 7.05. The second-order valence-corrected chi connectivity index (χ2v) is 8.64. The van der Waals surface area contributed by atoms with E-state index < -0.39 is 5.60 Å². The molecule has 0 radical (unpaired) electrons. The van der Waals surface area contributed by atoms with Gasteiger partial charge in [-0.2, -0.15) is 14.7 Å². The molecule has 1 unspecified atom stereocenters. The number of carbonyl (C=O) groups excluding carboxylic acids is 1. The third-order valence-electron chi connectivity index (χ3n) is 5.15. The van der Waals surface area contributed by atoms with E-state index in [2.05, 4.69) is 27.5 Å². The van der Waals surface area contributed by atoms with Crippen molar-refractivity contribution < 1.29 is 9.53 Å². The van der Waals surface area contributed by atoms with Gasteiger partial charge in [0.2, 0.25) is 0 Å². The van der Waals surface area contributed by atoms with Crippen LogP contribution in [0.2, 0.25) is 0 Å². The third kappa shape index (κ3) is 4.10. The SMILES string of the molecule is CCNc1cc(C2CCCN(C(=O)OC(C)(C)C)C2)nc2c(-c3cn[nH]c3)cnn12. The molecule has 0 spiro atoms. The van der Waals surface area contributed by atoms with Gasteiger partial charge in [-0.25, -0.2) is 9.78 Å². The molecule has 2 N–H and O–H groups in total. The Morgan fingerprint density at radius 3 is 2.90 bits per heavy atom. The Kier molecular flexibility index (Phi) is 5.36. The lowest BCUT2D eigenvalue weighted by atomic mass is 9.94. The first kappa shape index (κ1) is 20.2. The predicted octanol–water partition coefficient (Wildman–Crippen LogP) is 3.67. The fraction of sp³-hybridized carbons (Fsp3) is 0.524. The number of fused-ring (bicyclic) bond motifs is 1. The van der Waals surface area contributed by atoms with Crippen LogP contribution in [0, 0.1) is 0 Å². The average molecular weight is 412 g/mol. The fourth-order valence-corrected chi connectivity index (χ4v) is 3.81. The van der Waals surface area contributed by atoms with Crippen LogP contribution in [0.15, 0.2) is 24.7 Å². The molecule has 3 aromatic rings. The summed E-state index contributed by atoms with van der Waals surface area (Å²) >= 11 is 0. The van der Waals surface area contributed by atoms with Crippen molar-refractivity contribution in [2.75, 3.05) is 25.0 Å². The second-order valence-electron chi connectivity index (χ2n) is 8.64. The Balaban J connectivity index is 1.67. The smallest absolute Gasteiger partial charge is 0.410 e. The highest BCUT2D eigenvalue weighted by atomic mass is 16.6. The van der Waals surface area contributed by atoms with Gasteiger partial charge in [0, 0.05) is 48.9 Å². The number of nitrogens with one attached hydrogen (secondary N) is 2. The summed E-state index contributed by atoms with van der Waals surface area (Å²) < 4.78 is 7.40. The molecule has 1 fully saturated rings. The number of carbonyl (C=O) groups is 1. The Morgan fingerprint density at radius 2 is 2.20 bits per heavy atom. The standard InChI is InChI=1S/C21H29N7O2/c1-5-22-18-9-17(14-7-6-8-27(13-14)20(29)30-21(2,3)4)26-19-16(12-25-28(18)19)15-10-23-24-11-15/h9-12,14,22H,5-8,13H2,1-4H3,(H,23,24). The zero-order valence-corrected chi connectivity index (χ0v) is 18.0. The molecule has 9 nitrogen and oxygen atoms in total. The highest BCUT2D eigenvalue weighted by Crippen LogP contribution is 2.31. The molecule has 9 heteroatoms. The van der Waals surface area contributed by atoms with Crippen LogP contribution in [-0.2, 0) is 4.74 Å². The lowest BCUT2D eigenvalue weighted by Crippen LogP contribution is -2.42. The molecule has 1 atom stereocenters. The Morgan fingerprint density at radius 1 is 1.37 bits per heavy atom. The molecule has 1 saturated heterocycles. The van der Waals surface area contributed by atoms with Gasteiger partial charge in [0.1, 0.15) is 11.4 Å². The van der Waals surface area contributed by atoms with Crippen molar-refractivity contribution in [3.8, 4) is 11.1 Å². The summed E-state index contributed by atoms with van der Waals surface area (Å²) in [7, 11) is 0. The number of hydrogen-bond donors (Lipinski definition) is 2. The Labute approximate surface area is 175 Å². The predicted molar refractivity (Wildman–Crippen MR) is 115 cm³/mol. The van der Waals surface area contributed by atoms with Crippen LogP contribution >= 0.6 is 0 Å². The zero-order valence-electron chi connectivity index (χ0n) is 18.0. The topological polar surface area (TPSA) is 100 Å². The Bertz CT molecular complexity index is 1020. The van der Waals surface area contributed by atoms with Crippen molar-refractivity contribution >= 4 is 17.6 Å². The molecule has 1 aliphatic rings. The summed E-state index contributed by atoms with van der Waals surface area (Å²) in [6, 6.07) is 2.05. The monoisotopic (exact) mass is 411 g/mol. The quantitative estimate of drug-likeness (QED) is 0.679. The normalized spacial score (nSPS) is 17.3. The van der Waals surface area contributed by atoms with Crippen molar-refractivity contribution in [2.24, 2.45) is 0 Å². The molecule has 30 heavy (non-hydrogen) atoms. The lowest BCUT2D eigenvalue weighted by Gasteiger charge is -2.34. The van der Waals surface area contributed by atoms with Gasteiger partial charge in [0.15, 0.2) is 5.65 Å². The van der Waals surface area contributed by atoms with Gasteiger partial charge >= 0.3 is 6.09 Å².